The third-order valence-corrected chi connectivity index (χ3v) is 6.61. The summed E-state index contributed by atoms with van der Waals surface area (Å²) in [6, 6.07) is 15.8. The van der Waals surface area contributed by atoms with Gasteiger partial charge in [-0.05, 0) is 42.3 Å². The Hall–Kier alpha value is -4.15. The Kier molecular flexibility index (Phi) is 7.20. The van der Waals surface area contributed by atoms with Gasteiger partial charge in [0.15, 0.2) is 5.65 Å². The molecule has 10 heteroatoms. The number of hydrogen-bond donors (Lipinski definition) is 3. The molecule has 0 aliphatic carbocycles. The third kappa shape index (κ3) is 5.20. The van der Waals surface area contributed by atoms with Gasteiger partial charge in [-0.2, -0.15) is 9.61 Å². The van der Waals surface area contributed by atoms with Crippen LogP contribution in [0.4, 0.5) is 22.0 Å². The molecule has 1 aliphatic rings. The Labute approximate surface area is 215 Å². The first-order valence-electron chi connectivity index (χ1n) is 12.4. The maximum Gasteiger partial charge on any atom is 0.411 e. The van der Waals surface area contributed by atoms with Crippen LogP contribution in [0.5, 0.6) is 0 Å². The molecule has 0 atom stereocenters. The molecule has 0 unspecified atom stereocenters. The van der Waals surface area contributed by atoms with E-state index in [2.05, 4.69) is 49.5 Å². The molecule has 0 spiro atoms. The van der Waals surface area contributed by atoms with E-state index >= 15 is 0 Å². The van der Waals surface area contributed by atoms with Crippen LogP contribution in [-0.2, 0) is 4.74 Å². The molecular weight excluding hydrogens is 470 g/mol. The highest BCUT2D eigenvalue weighted by atomic mass is 16.5. The molecule has 10 nitrogen and oxygen atoms in total. The summed E-state index contributed by atoms with van der Waals surface area (Å²) >= 11 is 0. The lowest BCUT2D eigenvalue weighted by Gasteiger charge is -2.35. The summed E-state index contributed by atoms with van der Waals surface area (Å²) in [7, 11) is 0. The lowest BCUT2D eigenvalue weighted by Crippen LogP contribution is -2.47. The number of anilines is 3. The number of ether oxygens (including phenoxy) is 1. The van der Waals surface area contributed by atoms with E-state index in [4.69, 9.17) is 15.6 Å². The number of nitrogens with two attached hydrogens (primary N) is 1. The topological polar surface area (TPSA) is 121 Å². The van der Waals surface area contributed by atoms with Crippen molar-refractivity contribution < 1.29 is 14.6 Å². The fourth-order valence-electron chi connectivity index (χ4n) is 4.62. The van der Waals surface area contributed by atoms with Crippen molar-refractivity contribution >= 4 is 28.9 Å². The highest BCUT2D eigenvalue weighted by Gasteiger charge is 2.18. The lowest BCUT2D eigenvalue weighted by atomic mass is 10.1. The van der Waals surface area contributed by atoms with Crippen molar-refractivity contribution in [1.82, 2.24) is 19.5 Å². The fourth-order valence-corrected chi connectivity index (χ4v) is 4.62. The molecular formula is C27H31N7O3. The van der Waals surface area contributed by atoms with Gasteiger partial charge in [0.05, 0.1) is 19.4 Å². The number of carbonyl (C=O) groups excluding carboxylic acids is 1. The Morgan fingerprint density at radius 3 is 2.35 bits per heavy atom. The zero-order valence-electron chi connectivity index (χ0n) is 20.8. The molecule has 0 bridgehead atoms. The highest BCUT2D eigenvalue weighted by molar-refractivity contribution is 5.86. The number of nitrogens with one attached hydrogen (secondary N) is 1. The summed E-state index contributed by atoms with van der Waals surface area (Å²) in [5.41, 5.74) is 12.5. The SMILES string of the molecule is CCOC(=O)Nc1ccc(-c2cnc3c(-c4ccc(N5CCN(CCO)CC5)cc4)cnn3c2N)cc1. The second-order valence-electron chi connectivity index (χ2n) is 8.87. The number of rotatable bonds is 7. The summed E-state index contributed by atoms with van der Waals surface area (Å²) in [6.45, 7) is 6.79. The summed E-state index contributed by atoms with van der Waals surface area (Å²) in [5.74, 6) is 0.486. The van der Waals surface area contributed by atoms with Crippen LogP contribution in [0.15, 0.2) is 60.9 Å². The minimum atomic E-state index is -0.490. The third-order valence-electron chi connectivity index (χ3n) is 6.61. The quantitative estimate of drug-likeness (QED) is 0.353. The van der Waals surface area contributed by atoms with Gasteiger partial charge in [-0.1, -0.05) is 24.3 Å². The van der Waals surface area contributed by atoms with Crippen molar-refractivity contribution in [3.05, 3.63) is 60.9 Å². The highest BCUT2D eigenvalue weighted by Crippen LogP contribution is 2.31. The number of benzene rings is 2. The van der Waals surface area contributed by atoms with Gasteiger partial charge in [0.2, 0.25) is 0 Å². The minimum Gasteiger partial charge on any atom is -0.450 e. The molecule has 4 aromatic rings. The number of amides is 1. The molecule has 4 N–H and O–H groups in total. The van der Waals surface area contributed by atoms with E-state index in [0.29, 0.717) is 23.8 Å². The van der Waals surface area contributed by atoms with Crippen molar-refractivity contribution in [2.24, 2.45) is 0 Å². The van der Waals surface area contributed by atoms with Crippen LogP contribution < -0.4 is 16.0 Å². The van der Waals surface area contributed by atoms with E-state index in [1.165, 1.54) is 5.69 Å². The van der Waals surface area contributed by atoms with Crippen LogP contribution >= 0.6 is 0 Å². The average Bonchev–Trinajstić information content (AvgIpc) is 3.36. The van der Waals surface area contributed by atoms with E-state index in [1.807, 2.05) is 12.1 Å². The second kappa shape index (κ2) is 10.9. The molecule has 1 fully saturated rings. The van der Waals surface area contributed by atoms with Crippen LogP contribution in [-0.4, -0.2) is 76.6 Å². The molecule has 3 heterocycles. The summed E-state index contributed by atoms with van der Waals surface area (Å²) in [4.78, 5) is 21.0. The van der Waals surface area contributed by atoms with Gasteiger partial charge in [0.1, 0.15) is 5.82 Å². The molecule has 2 aromatic carbocycles. The number of nitrogens with zero attached hydrogens (tertiary/aromatic N) is 5. The molecule has 5 rings (SSSR count). The van der Waals surface area contributed by atoms with Gasteiger partial charge in [-0.3, -0.25) is 10.2 Å². The van der Waals surface area contributed by atoms with E-state index in [9.17, 15) is 4.79 Å². The van der Waals surface area contributed by atoms with Gasteiger partial charge in [0, 0.05) is 61.4 Å². The Morgan fingerprint density at radius 1 is 1.00 bits per heavy atom. The van der Waals surface area contributed by atoms with E-state index in [-0.39, 0.29) is 6.61 Å². The molecule has 2 aromatic heterocycles. The zero-order valence-corrected chi connectivity index (χ0v) is 20.8. The summed E-state index contributed by atoms with van der Waals surface area (Å²) < 4.78 is 6.57. The van der Waals surface area contributed by atoms with Crippen molar-refractivity contribution in [2.45, 2.75) is 6.92 Å². The minimum absolute atomic E-state index is 0.204. The number of hydrogen-bond acceptors (Lipinski definition) is 8. The lowest BCUT2D eigenvalue weighted by molar-refractivity contribution is 0.168. The molecule has 37 heavy (non-hydrogen) atoms. The van der Waals surface area contributed by atoms with Gasteiger partial charge in [-0.25, -0.2) is 9.78 Å². The standard InChI is InChI=1S/C27H31N7O3/c1-2-37-27(36)31-21-7-3-19(4-8-21)23-17-29-26-24(18-30-34(26)25(23)28)20-5-9-22(10-6-20)33-13-11-32(12-14-33)15-16-35/h3-10,17-18,35H,2,11-16,28H2,1H3,(H,31,36). The molecule has 1 aliphatic heterocycles. The summed E-state index contributed by atoms with van der Waals surface area (Å²) in [6.07, 6.45) is 3.05. The average molecular weight is 502 g/mol. The zero-order chi connectivity index (χ0) is 25.8. The monoisotopic (exact) mass is 501 g/mol. The predicted octanol–water partition coefficient (Wildman–Crippen LogP) is 3.33. The van der Waals surface area contributed by atoms with Gasteiger partial charge < -0.3 is 20.5 Å². The maximum absolute atomic E-state index is 11.6. The van der Waals surface area contributed by atoms with Crippen LogP contribution in [0.3, 0.4) is 0 Å². The Balaban J connectivity index is 1.33. The number of nitrogen functional groups attached to an aromatic ring is 1. The van der Waals surface area contributed by atoms with Crippen molar-refractivity contribution in [3.63, 3.8) is 0 Å². The van der Waals surface area contributed by atoms with Crippen LogP contribution in [0, 0.1) is 0 Å². The Morgan fingerprint density at radius 2 is 1.68 bits per heavy atom. The molecule has 192 valence electrons. The van der Waals surface area contributed by atoms with Crippen LogP contribution in [0.1, 0.15) is 6.92 Å². The number of aliphatic hydroxyl groups is 1. The largest absolute Gasteiger partial charge is 0.450 e. The van der Waals surface area contributed by atoms with Crippen molar-refractivity contribution in [2.75, 3.05) is 61.9 Å². The summed E-state index contributed by atoms with van der Waals surface area (Å²) in [5, 5.41) is 16.3. The molecule has 0 saturated carbocycles. The number of piperazine rings is 1. The van der Waals surface area contributed by atoms with Gasteiger partial charge in [-0.15, -0.1) is 0 Å². The van der Waals surface area contributed by atoms with E-state index < -0.39 is 6.09 Å². The predicted molar refractivity (Wildman–Crippen MR) is 145 cm³/mol. The smallest absolute Gasteiger partial charge is 0.411 e. The first-order chi connectivity index (χ1) is 18.1. The van der Waals surface area contributed by atoms with Crippen molar-refractivity contribution in [3.8, 4) is 22.3 Å². The van der Waals surface area contributed by atoms with Crippen LogP contribution in [0.2, 0.25) is 0 Å². The molecule has 1 saturated heterocycles. The maximum atomic E-state index is 11.6. The van der Waals surface area contributed by atoms with Gasteiger partial charge in [0.25, 0.3) is 0 Å². The number of aromatic nitrogens is 3. The first kappa shape index (κ1) is 24.5. The molecule has 1 amide bonds. The number of aliphatic hydroxyl groups excluding tert-OH is 1. The van der Waals surface area contributed by atoms with E-state index in [1.54, 1.807) is 36.0 Å². The van der Waals surface area contributed by atoms with Crippen molar-refractivity contribution in [1.29, 1.82) is 0 Å². The van der Waals surface area contributed by atoms with E-state index in [0.717, 1.165) is 55.0 Å². The second-order valence-corrected chi connectivity index (χ2v) is 8.87. The Bertz CT molecular complexity index is 1360. The van der Waals surface area contributed by atoms with Crippen LogP contribution in [0.25, 0.3) is 27.9 Å². The normalized spacial score (nSPS) is 14.2. The molecule has 0 radical (unpaired) electrons. The number of fused-ring (bicyclic) bond motifs is 1. The first-order valence-corrected chi connectivity index (χ1v) is 12.4. The number of β-amino-alcohol motifs (C(OH)–C–C–N with tert-alkyl or cyclic N) is 1. The van der Waals surface area contributed by atoms with Gasteiger partial charge >= 0.3 is 6.09 Å². The number of carbonyl (C=O) groups is 1. The fraction of sp³-hybridized carbons (Fsp3) is 0.296.